The van der Waals surface area contributed by atoms with Gasteiger partial charge in [0.15, 0.2) is 0 Å². The minimum absolute atomic E-state index is 0.0357. The van der Waals surface area contributed by atoms with Gasteiger partial charge in [-0.3, -0.25) is 0 Å². The first-order valence-electron chi connectivity index (χ1n) is 6.78. The Morgan fingerprint density at radius 1 is 0.947 bits per heavy atom. The van der Waals surface area contributed by atoms with Gasteiger partial charge in [-0.2, -0.15) is 0 Å². The molecule has 2 heteroatoms. The third-order valence-corrected chi connectivity index (χ3v) is 3.47. The molecule has 2 aromatic rings. The van der Waals surface area contributed by atoms with E-state index in [2.05, 4.69) is 31.2 Å². The molecule has 0 bridgehead atoms. The fourth-order valence-corrected chi connectivity index (χ4v) is 2.14. The number of nitrogens with two attached hydrogens (primary N) is 1. The lowest BCUT2D eigenvalue weighted by atomic mass is 9.99. The van der Waals surface area contributed by atoms with Crippen molar-refractivity contribution in [1.82, 2.24) is 0 Å². The van der Waals surface area contributed by atoms with E-state index < -0.39 is 0 Å². The number of aryl methyl sites for hydroxylation is 2. The van der Waals surface area contributed by atoms with Crippen molar-refractivity contribution < 1.29 is 4.39 Å². The molecule has 0 heterocycles. The molecule has 0 aliphatic rings. The first kappa shape index (κ1) is 13.8. The summed E-state index contributed by atoms with van der Waals surface area (Å²) in [5.74, 6) is -0.217. The van der Waals surface area contributed by atoms with Crippen LogP contribution in [0.25, 0.3) is 0 Å². The number of halogens is 1. The van der Waals surface area contributed by atoms with Crippen LogP contribution >= 0.6 is 0 Å². The lowest BCUT2D eigenvalue weighted by Gasteiger charge is -2.12. The van der Waals surface area contributed by atoms with Gasteiger partial charge in [0.05, 0.1) is 0 Å². The monoisotopic (exact) mass is 257 g/mol. The van der Waals surface area contributed by atoms with Crippen LogP contribution in [0.3, 0.4) is 0 Å². The first-order valence-corrected chi connectivity index (χ1v) is 6.78. The summed E-state index contributed by atoms with van der Waals surface area (Å²) in [7, 11) is 0. The Hall–Kier alpha value is -1.67. The second-order valence-corrected chi connectivity index (χ2v) is 4.87. The molecule has 2 N–H and O–H groups in total. The van der Waals surface area contributed by atoms with Crippen molar-refractivity contribution in [2.45, 2.75) is 32.2 Å². The largest absolute Gasteiger partial charge is 0.324 e. The van der Waals surface area contributed by atoms with Crippen LogP contribution in [0.5, 0.6) is 0 Å². The van der Waals surface area contributed by atoms with Crippen LogP contribution < -0.4 is 5.73 Å². The Morgan fingerprint density at radius 2 is 1.53 bits per heavy atom. The SMILES string of the molecule is CCc1ccc(CCC(N)c2ccc(F)cc2)cc1. The summed E-state index contributed by atoms with van der Waals surface area (Å²) < 4.78 is 12.8. The number of hydrogen-bond donors (Lipinski definition) is 1. The van der Waals surface area contributed by atoms with Crippen molar-refractivity contribution in [3.05, 3.63) is 71.0 Å². The summed E-state index contributed by atoms with van der Waals surface area (Å²) in [4.78, 5) is 0. The predicted octanol–water partition coefficient (Wildman–Crippen LogP) is 4.02. The van der Waals surface area contributed by atoms with E-state index in [0.717, 1.165) is 24.8 Å². The van der Waals surface area contributed by atoms with Crippen molar-refractivity contribution >= 4 is 0 Å². The van der Waals surface area contributed by atoms with Gasteiger partial charge >= 0.3 is 0 Å². The Kier molecular flexibility index (Phi) is 4.69. The second kappa shape index (κ2) is 6.48. The molecule has 0 radical (unpaired) electrons. The van der Waals surface area contributed by atoms with Crippen molar-refractivity contribution in [2.75, 3.05) is 0 Å². The van der Waals surface area contributed by atoms with Crippen molar-refractivity contribution in [2.24, 2.45) is 5.73 Å². The Balaban J connectivity index is 1.92. The molecule has 0 saturated heterocycles. The smallest absolute Gasteiger partial charge is 0.123 e. The van der Waals surface area contributed by atoms with E-state index >= 15 is 0 Å². The molecular formula is C17H20FN. The Labute approximate surface area is 114 Å². The van der Waals surface area contributed by atoms with Crippen LogP contribution in [0.15, 0.2) is 48.5 Å². The summed E-state index contributed by atoms with van der Waals surface area (Å²) in [6.45, 7) is 2.15. The molecule has 19 heavy (non-hydrogen) atoms. The van der Waals surface area contributed by atoms with Crippen LogP contribution in [0, 0.1) is 5.82 Å². The van der Waals surface area contributed by atoms with Crippen LogP contribution in [0.1, 0.15) is 36.1 Å². The third-order valence-electron chi connectivity index (χ3n) is 3.47. The van der Waals surface area contributed by atoms with Crippen LogP contribution in [0.2, 0.25) is 0 Å². The highest BCUT2D eigenvalue weighted by atomic mass is 19.1. The molecule has 0 aliphatic carbocycles. The highest BCUT2D eigenvalue weighted by molar-refractivity contribution is 5.24. The molecule has 2 aromatic carbocycles. The molecule has 100 valence electrons. The van der Waals surface area contributed by atoms with E-state index in [0.29, 0.717) is 0 Å². The van der Waals surface area contributed by atoms with E-state index in [4.69, 9.17) is 5.73 Å². The lowest BCUT2D eigenvalue weighted by molar-refractivity contribution is 0.619. The maximum Gasteiger partial charge on any atom is 0.123 e. The molecule has 0 spiro atoms. The first-order chi connectivity index (χ1) is 9.19. The average molecular weight is 257 g/mol. The van der Waals surface area contributed by atoms with E-state index in [1.165, 1.54) is 23.3 Å². The van der Waals surface area contributed by atoms with E-state index in [-0.39, 0.29) is 11.9 Å². The lowest BCUT2D eigenvalue weighted by Crippen LogP contribution is -2.11. The summed E-state index contributed by atoms with van der Waals surface area (Å²) in [5, 5.41) is 0. The third kappa shape index (κ3) is 3.90. The highest BCUT2D eigenvalue weighted by Gasteiger charge is 2.06. The van der Waals surface area contributed by atoms with Gasteiger partial charge < -0.3 is 5.73 Å². The maximum atomic E-state index is 12.8. The van der Waals surface area contributed by atoms with E-state index in [1.807, 2.05) is 0 Å². The molecule has 0 fully saturated rings. The van der Waals surface area contributed by atoms with Gasteiger partial charge in [-0.1, -0.05) is 43.3 Å². The zero-order valence-corrected chi connectivity index (χ0v) is 11.3. The molecular weight excluding hydrogens is 237 g/mol. The van der Waals surface area contributed by atoms with Gasteiger partial charge in [0.1, 0.15) is 5.82 Å². The fraction of sp³-hybridized carbons (Fsp3) is 0.294. The van der Waals surface area contributed by atoms with Gasteiger partial charge in [-0.05, 0) is 48.1 Å². The van der Waals surface area contributed by atoms with Gasteiger partial charge in [0, 0.05) is 6.04 Å². The molecule has 0 aliphatic heterocycles. The molecule has 1 nitrogen and oxygen atoms in total. The molecule has 1 unspecified atom stereocenters. The van der Waals surface area contributed by atoms with Crippen molar-refractivity contribution in [1.29, 1.82) is 0 Å². The summed E-state index contributed by atoms with van der Waals surface area (Å²) in [6.07, 6.45) is 2.88. The van der Waals surface area contributed by atoms with Crippen LogP contribution in [-0.2, 0) is 12.8 Å². The van der Waals surface area contributed by atoms with E-state index in [9.17, 15) is 4.39 Å². The summed E-state index contributed by atoms with van der Waals surface area (Å²) in [5.41, 5.74) is 9.77. The molecule has 2 rings (SSSR count). The predicted molar refractivity (Wildman–Crippen MR) is 77.5 cm³/mol. The van der Waals surface area contributed by atoms with Gasteiger partial charge in [-0.15, -0.1) is 0 Å². The molecule has 0 amide bonds. The molecule has 1 atom stereocenters. The van der Waals surface area contributed by atoms with E-state index in [1.54, 1.807) is 12.1 Å². The van der Waals surface area contributed by atoms with Crippen molar-refractivity contribution in [3.63, 3.8) is 0 Å². The zero-order chi connectivity index (χ0) is 13.7. The standard InChI is InChI=1S/C17H20FN/c1-2-13-3-5-14(6-4-13)7-12-17(19)15-8-10-16(18)11-9-15/h3-6,8-11,17H,2,7,12,19H2,1H3. The van der Waals surface area contributed by atoms with Crippen LogP contribution in [-0.4, -0.2) is 0 Å². The van der Waals surface area contributed by atoms with Gasteiger partial charge in [0.2, 0.25) is 0 Å². The Bertz CT molecular complexity index is 502. The van der Waals surface area contributed by atoms with Gasteiger partial charge in [0.25, 0.3) is 0 Å². The number of benzene rings is 2. The minimum atomic E-state index is -0.217. The highest BCUT2D eigenvalue weighted by Crippen LogP contribution is 2.17. The zero-order valence-electron chi connectivity index (χ0n) is 11.3. The fourth-order valence-electron chi connectivity index (χ4n) is 2.14. The number of hydrogen-bond acceptors (Lipinski definition) is 1. The molecule has 0 aromatic heterocycles. The summed E-state index contributed by atoms with van der Waals surface area (Å²) >= 11 is 0. The normalized spacial score (nSPS) is 12.4. The van der Waals surface area contributed by atoms with Crippen LogP contribution in [0.4, 0.5) is 4.39 Å². The summed E-state index contributed by atoms with van der Waals surface area (Å²) in [6, 6.07) is 15.1. The number of rotatable bonds is 5. The quantitative estimate of drug-likeness (QED) is 0.860. The Morgan fingerprint density at radius 3 is 2.11 bits per heavy atom. The van der Waals surface area contributed by atoms with Gasteiger partial charge in [-0.25, -0.2) is 4.39 Å². The van der Waals surface area contributed by atoms with Crippen molar-refractivity contribution in [3.8, 4) is 0 Å². The minimum Gasteiger partial charge on any atom is -0.324 e. The second-order valence-electron chi connectivity index (χ2n) is 4.87. The topological polar surface area (TPSA) is 26.0 Å². The molecule has 0 saturated carbocycles. The maximum absolute atomic E-state index is 12.8. The average Bonchev–Trinajstić information content (AvgIpc) is 2.46.